The third kappa shape index (κ3) is 3.46. The highest BCUT2D eigenvalue weighted by molar-refractivity contribution is 5.84. The molecule has 0 amide bonds. The van der Waals surface area contributed by atoms with E-state index in [-0.39, 0.29) is 5.56 Å². The zero-order chi connectivity index (χ0) is 18.7. The smallest absolute Gasteiger partial charge is 0.333 e. The van der Waals surface area contributed by atoms with Crippen LogP contribution in [0.25, 0.3) is 0 Å². The minimum Gasteiger partial charge on any atom is -0.494 e. The second kappa shape index (κ2) is 7.18. The molecular weight excluding hydrogens is 332 g/mol. The molecule has 2 heterocycles. The van der Waals surface area contributed by atoms with Crippen LogP contribution in [0.15, 0.2) is 63.4 Å². The largest absolute Gasteiger partial charge is 0.494 e. The minimum absolute atomic E-state index is 0.0320. The molecule has 1 aromatic carbocycles. The maximum absolute atomic E-state index is 12.1. The molecule has 0 saturated carbocycles. The number of hydrogen-bond donors (Lipinski definition) is 1. The average Bonchev–Trinajstić information content (AvgIpc) is 2.67. The first-order chi connectivity index (χ1) is 12.5. The Morgan fingerprint density at radius 2 is 1.62 bits per heavy atom. The average molecular weight is 350 g/mol. The number of rotatable bonds is 4. The van der Waals surface area contributed by atoms with Gasteiger partial charge in [-0.1, -0.05) is 12.1 Å². The second-order valence-electron chi connectivity index (χ2n) is 5.90. The lowest BCUT2D eigenvalue weighted by Crippen LogP contribution is -2.38. The third-order valence-electron chi connectivity index (χ3n) is 4.10. The van der Waals surface area contributed by atoms with Gasteiger partial charge in [-0.15, -0.1) is 0 Å². The van der Waals surface area contributed by atoms with E-state index < -0.39 is 17.1 Å². The highest BCUT2D eigenvalue weighted by Crippen LogP contribution is 2.16. The normalized spacial score (nSPS) is 11.2. The van der Waals surface area contributed by atoms with E-state index in [2.05, 4.69) is 9.98 Å². The number of aromatic hydroxyl groups is 1. The molecule has 0 saturated heterocycles. The van der Waals surface area contributed by atoms with Gasteiger partial charge in [0.1, 0.15) is 5.56 Å². The number of nitrogens with zero attached hydrogens (tertiary/aromatic N) is 4. The molecule has 0 radical (unpaired) electrons. The predicted molar refractivity (Wildman–Crippen MR) is 99.3 cm³/mol. The van der Waals surface area contributed by atoms with Crippen LogP contribution in [-0.4, -0.2) is 25.4 Å². The highest BCUT2D eigenvalue weighted by atomic mass is 16.3. The molecule has 0 atom stereocenters. The van der Waals surface area contributed by atoms with Gasteiger partial charge in [0.25, 0.3) is 5.56 Å². The van der Waals surface area contributed by atoms with E-state index in [4.69, 9.17) is 0 Å². The first-order valence-corrected chi connectivity index (χ1v) is 7.98. The Morgan fingerprint density at radius 3 is 2.27 bits per heavy atom. The van der Waals surface area contributed by atoms with Crippen LogP contribution in [0.5, 0.6) is 5.88 Å². The summed E-state index contributed by atoms with van der Waals surface area (Å²) < 4.78 is 1.93. The van der Waals surface area contributed by atoms with E-state index in [1.165, 1.54) is 20.3 Å². The van der Waals surface area contributed by atoms with Crippen LogP contribution in [0.3, 0.4) is 0 Å². The number of aliphatic imine (C=N–C) groups is 1. The molecule has 0 aliphatic carbocycles. The molecule has 0 spiro atoms. The fraction of sp³-hybridized carbons (Fsp3) is 0.158. The van der Waals surface area contributed by atoms with E-state index in [0.29, 0.717) is 5.69 Å². The molecule has 26 heavy (non-hydrogen) atoms. The topological polar surface area (TPSA) is 89.5 Å². The lowest BCUT2D eigenvalue weighted by atomic mass is 10.1. The summed E-state index contributed by atoms with van der Waals surface area (Å²) in [6.07, 6.45) is 5.58. The third-order valence-corrected chi connectivity index (χ3v) is 4.10. The van der Waals surface area contributed by atoms with Crippen molar-refractivity contribution < 1.29 is 5.11 Å². The van der Waals surface area contributed by atoms with Crippen LogP contribution < -0.4 is 11.2 Å². The lowest BCUT2D eigenvalue weighted by Gasteiger charge is -2.07. The second-order valence-corrected chi connectivity index (χ2v) is 5.90. The van der Waals surface area contributed by atoms with Gasteiger partial charge in [-0.05, 0) is 41.8 Å². The Bertz CT molecular complexity index is 1060. The van der Waals surface area contributed by atoms with Crippen molar-refractivity contribution in [2.45, 2.75) is 6.42 Å². The molecule has 0 aliphatic rings. The van der Waals surface area contributed by atoms with Gasteiger partial charge in [0.15, 0.2) is 0 Å². The van der Waals surface area contributed by atoms with Crippen LogP contribution in [0.4, 0.5) is 5.69 Å². The summed E-state index contributed by atoms with van der Waals surface area (Å²) in [6.45, 7) is 0. The van der Waals surface area contributed by atoms with Gasteiger partial charge in [-0.3, -0.25) is 23.9 Å². The fourth-order valence-corrected chi connectivity index (χ4v) is 2.55. The molecule has 7 nitrogen and oxygen atoms in total. The lowest BCUT2D eigenvalue weighted by molar-refractivity contribution is 0.410. The summed E-state index contributed by atoms with van der Waals surface area (Å²) in [6, 6.07) is 11.5. The summed E-state index contributed by atoms with van der Waals surface area (Å²) in [5, 5.41) is 10.0. The Hall–Kier alpha value is -3.48. The standard InChI is InChI=1S/C19H18N4O3/c1-22-17(24)16(18(25)23(2)19(22)26)12-21-15-5-3-13(4-6-15)11-14-7-9-20-10-8-14/h3-10,12,24H,11H2,1-2H3. The Morgan fingerprint density at radius 1 is 1.00 bits per heavy atom. The van der Waals surface area contributed by atoms with E-state index in [0.717, 1.165) is 26.7 Å². The summed E-state index contributed by atoms with van der Waals surface area (Å²) in [5.41, 5.74) is 1.70. The first-order valence-electron chi connectivity index (χ1n) is 7.98. The molecule has 132 valence electrons. The van der Waals surface area contributed by atoms with Crippen LogP contribution in [0.2, 0.25) is 0 Å². The molecular formula is C19H18N4O3. The summed E-state index contributed by atoms with van der Waals surface area (Å²) in [7, 11) is 2.75. The molecule has 0 bridgehead atoms. The minimum atomic E-state index is -0.594. The van der Waals surface area contributed by atoms with Gasteiger partial charge in [0.05, 0.1) is 5.69 Å². The summed E-state index contributed by atoms with van der Waals surface area (Å²) in [4.78, 5) is 32.1. The highest BCUT2D eigenvalue weighted by Gasteiger charge is 2.12. The number of benzene rings is 1. The molecule has 2 aromatic heterocycles. The van der Waals surface area contributed by atoms with Crippen molar-refractivity contribution in [1.29, 1.82) is 0 Å². The van der Waals surface area contributed by atoms with Gasteiger partial charge in [-0.25, -0.2) is 4.79 Å². The van der Waals surface area contributed by atoms with E-state index in [1.807, 2.05) is 36.4 Å². The van der Waals surface area contributed by atoms with Crippen LogP contribution in [0.1, 0.15) is 16.7 Å². The fourth-order valence-electron chi connectivity index (χ4n) is 2.55. The van der Waals surface area contributed by atoms with Crippen LogP contribution in [0, 0.1) is 0 Å². The van der Waals surface area contributed by atoms with E-state index >= 15 is 0 Å². The molecule has 0 aliphatic heterocycles. The first kappa shape index (κ1) is 17.3. The summed E-state index contributed by atoms with van der Waals surface area (Å²) >= 11 is 0. The van der Waals surface area contributed by atoms with Crippen molar-refractivity contribution in [2.24, 2.45) is 19.1 Å². The molecule has 3 aromatic rings. The van der Waals surface area contributed by atoms with Gasteiger partial charge in [-0.2, -0.15) is 0 Å². The van der Waals surface area contributed by atoms with Crippen LogP contribution >= 0.6 is 0 Å². The molecule has 0 fully saturated rings. The quantitative estimate of drug-likeness (QED) is 0.723. The van der Waals surface area contributed by atoms with Crippen molar-refractivity contribution in [3.63, 3.8) is 0 Å². The number of pyridine rings is 1. The van der Waals surface area contributed by atoms with Crippen molar-refractivity contribution in [1.82, 2.24) is 14.1 Å². The van der Waals surface area contributed by atoms with Crippen molar-refractivity contribution in [3.8, 4) is 5.88 Å². The molecule has 3 rings (SSSR count). The summed E-state index contributed by atoms with van der Waals surface area (Å²) in [5.74, 6) is -0.406. The monoisotopic (exact) mass is 350 g/mol. The van der Waals surface area contributed by atoms with E-state index in [9.17, 15) is 14.7 Å². The Kier molecular flexibility index (Phi) is 4.79. The van der Waals surface area contributed by atoms with Gasteiger partial charge in [0.2, 0.25) is 5.88 Å². The predicted octanol–water partition coefficient (Wildman–Crippen LogP) is 1.53. The van der Waals surface area contributed by atoms with Gasteiger partial charge < -0.3 is 5.11 Å². The van der Waals surface area contributed by atoms with Crippen molar-refractivity contribution in [3.05, 3.63) is 86.3 Å². The van der Waals surface area contributed by atoms with Gasteiger partial charge in [0, 0.05) is 32.7 Å². The van der Waals surface area contributed by atoms with Gasteiger partial charge >= 0.3 is 5.69 Å². The number of aromatic nitrogens is 3. The maximum atomic E-state index is 12.1. The molecule has 1 N–H and O–H groups in total. The molecule has 0 unspecified atom stereocenters. The Labute approximate surface area is 149 Å². The molecule has 7 heteroatoms. The zero-order valence-electron chi connectivity index (χ0n) is 14.5. The maximum Gasteiger partial charge on any atom is 0.333 e. The Balaban J connectivity index is 1.84. The van der Waals surface area contributed by atoms with Crippen molar-refractivity contribution in [2.75, 3.05) is 0 Å². The zero-order valence-corrected chi connectivity index (χ0v) is 14.5. The SMILES string of the molecule is Cn1c(O)c(C=Nc2ccc(Cc3ccncc3)cc2)c(=O)n(C)c1=O. The van der Waals surface area contributed by atoms with E-state index in [1.54, 1.807) is 12.4 Å². The number of hydrogen-bond acceptors (Lipinski definition) is 5. The van der Waals surface area contributed by atoms with Crippen LogP contribution in [-0.2, 0) is 20.5 Å². The van der Waals surface area contributed by atoms with Crippen molar-refractivity contribution >= 4 is 11.9 Å².